The van der Waals surface area contributed by atoms with Crippen molar-refractivity contribution in [2.24, 2.45) is 0 Å². The van der Waals surface area contributed by atoms with E-state index in [1.807, 2.05) is 30.9 Å². The van der Waals surface area contributed by atoms with Gasteiger partial charge < -0.3 is 10.2 Å². The van der Waals surface area contributed by atoms with E-state index in [0.717, 1.165) is 46.3 Å². The second kappa shape index (κ2) is 9.55. The Bertz CT molecular complexity index is 1050. The monoisotopic (exact) mass is 440 g/mol. The number of thiophene rings is 1. The first-order chi connectivity index (χ1) is 15.0. The molecule has 0 aliphatic carbocycles. The number of nitrogens with zero attached hydrogens (tertiary/aromatic N) is 5. The van der Waals surface area contributed by atoms with Crippen molar-refractivity contribution in [3.63, 3.8) is 0 Å². The highest BCUT2D eigenvalue weighted by Crippen LogP contribution is 2.34. The summed E-state index contributed by atoms with van der Waals surface area (Å²) >= 11 is 1.54. The lowest BCUT2D eigenvalue weighted by Gasteiger charge is -2.36. The molecule has 2 aromatic heterocycles. The zero-order valence-corrected chi connectivity index (χ0v) is 18.8. The number of carbonyl (C=O) groups is 2. The van der Waals surface area contributed by atoms with Crippen LogP contribution in [0.15, 0.2) is 30.6 Å². The highest BCUT2D eigenvalue weighted by molar-refractivity contribution is 7.21. The van der Waals surface area contributed by atoms with E-state index >= 15 is 0 Å². The molecule has 0 bridgehead atoms. The minimum absolute atomic E-state index is 0.0291. The maximum atomic E-state index is 13.0. The molecule has 0 spiro atoms. The summed E-state index contributed by atoms with van der Waals surface area (Å²) < 4.78 is 2.69. The second-order valence-electron chi connectivity index (χ2n) is 8.30. The number of nitrogens with one attached hydrogen (secondary N) is 1. The van der Waals surface area contributed by atoms with Gasteiger partial charge in [-0.25, -0.2) is 4.68 Å². The van der Waals surface area contributed by atoms with Gasteiger partial charge in [0.05, 0.1) is 11.4 Å². The van der Waals surface area contributed by atoms with Crippen LogP contribution in [-0.4, -0.2) is 55.5 Å². The third-order valence-corrected chi connectivity index (χ3v) is 6.87. The Kier molecular flexibility index (Phi) is 6.60. The molecule has 1 saturated heterocycles. The number of fused-ring (bicyclic) bond motifs is 1. The summed E-state index contributed by atoms with van der Waals surface area (Å²) in [6.45, 7) is 5.17. The van der Waals surface area contributed by atoms with Crippen LogP contribution in [0, 0.1) is 0 Å². The van der Waals surface area contributed by atoms with Gasteiger partial charge in [0.1, 0.15) is 6.33 Å². The van der Waals surface area contributed by atoms with E-state index < -0.39 is 0 Å². The van der Waals surface area contributed by atoms with Crippen LogP contribution in [0.25, 0.3) is 10.1 Å². The van der Waals surface area contributed by atoms with Gasteiger partial charge in [-0.05, 0) is 67.0 Å². The van der Waals surface area contributed by atoms with Gasteiger partial charge >= 0.3 is 0 Å². The van der Waals surface area contributed by atoms with Gasteiger partial charge in [-0.2, -0.15) is 0 Å². The fraction of sp³-hybridized carbons (Fsp3) is 0.500. The van der Waals surface area contributed by atoms with Crippen molar-refractivity contribution in [3.05, 3.63) is 41.0 Å². The van der Waals surface area contributed by atoms with Crippen molar-refractivity contribution in [2.45, 2.75) is 64.6 Å². The highest BCUT2D eigenvalue weighted by Gasteiger charge is 2.29. The van der Waals surface area contributed by atoms with E-state index in [1.54, 1.807) is 4.68 Å². The molecule has 8 nitrogen and oxygen atoms in total. The number of hydrogen-bond donors (Lipinski definition) is 1. The van der Waals surface area contributed by atoms with Crippen molar-refractivity contribution in [2.75, 3.05) is 6.54 Å². The number of carbonyl (C=O) groups excluding carboxylic acids is 2. The Morgan fingerprint density at radius 2 is 2.10 bits per heavy atom. The molecule has 1 N–H and O–H groups in total. The zero-order chi connectivity index (χ0) is 21.8. The molecule has 3 heterocycles. The van der Waals surface area contributed by atoms with E-state index in [4.69, 9.17) is 0 Å². The molecule has 1 fully saturated rings. The first kappa shape index (κ1) is 21.4. The van der Waals surface area contributed by atoms with E-state index in [0.29, 0.717) is 19.4 Å². The van der Waals surface area contributed by atoms with Crippen molar-refractivity contribution in [1.82, 2.24) is 30.4 Å². The second-order valence-corrected chi connectivity index (χ2v) is 9.35. The molecule has 1 aromatic carbocycles. The lowest BCUT2D eigenvalue weighted by atomic mass is 9.93. The molecule has 4 rings (SSSR count). The molecule has 1 aliphatic rings. The smallest absolute Gasteiger partial charge is 0.261 e. The summed E-state index contributed by atoms with van der Waals surface area (Å²) in [5, 5.41) is 15.2. The first-order valence-corrected chi connectivity index (χ1v) is 11.7. The number of piperidine rings is 1. The van der Waals surface area contributed by atoms with Crippen LogP contribution in [0.1, 0.15) is 54.8 Å². The van der Waals surface area contributed by atoms with Gasteiger partial charge in [-0.1, -0.05) is 18.2 Å². The van der Waals surface area contributed by atoms with Crippen molar-refractivity contribution < 1.29 is 9.59 Å². The molecular weight excluding hydrogens is 412 g/mol. The number of amides is 2. The molecule has 1 atom stereocenters. The average molecular weight is 441 g/mol. The van der Waals surface area contributed by atoms with E-state index in [9.17, 15) is 9.59 Å². The molecule has 164 valence electrons. The standard InChI is InChI=1S/C22H28N6O2S/c1-15(2)24-22(30)21-18(17-8-3-4-9-19(17)31-21)13-16-7-5-6-11-28(16)20(29)10-12-27-14-23-25-26-27/h3-4,8-9,14-16H,5-7,10-13H2,1-2H3,(H,24,30)/t16-/m0/s1. The molecule has 0 saturated carbocycles. The zero-order valence-electron chi connectivity index (χ0n) is 18.0. The lowest BCUT2D eigenvalue weighted by Crippen LogP contribution is -2.45. The number of rotatable bonds is 7. The van der Waals surface area contributed by atoms with Crippen molar-refractivity contribution >= 4 is 33.2 Å². The van der Waals surface area contributed by atoms with Gasteiger partial charge in [-0.3, -0.25) is 9.59 Å². The Labute approximate surface area is 185 Å². The lowest BCUT2D eigenvalue weighted by molar-refractivity contribution is -0.135. The molecule has 0 radical (unpaired) electrons. The van der Waals surface area contributed by atoms with Gasteiger partial charge in [0.15, 0.2) is 0 Å². The van der Waals surface area contributed by atoms with Crippen LogP contribution >= 0.6 is 11.3 Å². The number of aromatic nitrogens is 4. The van der Waals surface area contributed by atoms with E-state index in [-0.39, 0.29) is 23.9 Å². The SMILES string of the molecule is CC(C)NC(=O)c1sc2ccccc2c1C[C@@H]1CCCCN1C(=O)CCn1cnnn1. The number of hydrogen-bond acceptors (Lipinski definition) is 6. The van der Waals surface area contributed by atoms with Gasteiger partial charge in [0.25, 0.3) is 5.91 Å². The summed E-state index contributed by atoms with van der Waals surface area (Å²) in [7, 11) is 0. The summed E-state index contributed by atoms with van der Waals surface area (Å²) in [6, 6.07) is 8.33. The summed E-state index contributed by atoms with van der Waals surface area (Å²) in [5.74, 6) is 0.0893. The summed E-state index contributed by atoms with van der Waals surface area (Å²) in [4.78, 5) is 28.7. The fourth-order valence-electron chi connectivity index (χ4n) is 4.23. The van der Waals surface area contributed by atoms with Crippen LogP contribution in [0.2, 0.25) is 0 Å². The minimum atomic E-state index is -0.0291. The number of aryl methyl sites for hydroxylation is 1. The van der Waals surface area contributed by atoms with Crippen LogP contribution in [0.5, 0.6) is 0 Å². The van der Waals surface area contributed by atoms with Crippen LogP contribution in [0.4, 0.5) is 0 Å². The molecule has 2 amide bonds. The number of benzene rings is 1. The largest absolute Gasteiger partial charge is 0.349 e. The van der Waals surface area contributed by atoms with Gasteiger partial charge in [0, 0.05) is 29.7 Å². The predicted octanol–water partition coefficient (Wildman–Crippen LogP) is 3.04. The molecule has 0 unspecified atom stereocenters. The Hall–Kier alpha value is -2.81. The summed E-state index contributed by atoms with van der Waals surface area (Å²) in [6.07, 6.45) is 5.65. The Balaban J connectivity index is 1.57. The van der Waals surface area contributed by atoms with Gasteiger partial charge in [0.2, 0.25) is 5.91 Å². The normalized spacial score (nSPS) is 16.7. The molecule has 9 heteroatoms. The van der Waals surface area contributed by atoms with Crippen molar-refractivity contribution in [3.8, 4) is 0 Å². The number of tetrazole rings is 1. The molecule has 1 aliphatic heterocycles. The maximum absolute atomic E-state index is 13.0. The predicted molar refractivity (Wildman–Crippen MR) is 120 cm³/mol. The van der Waals surface area contributed by atoms with Gasteiger partial charge in [-0.15, -0.1) is 16.4 Å². The number of likely N-dealkylation sites (tertiary alicyclic amines) is 1. The third-order valence-electron chi connectivity index (χ3n) is 5.66. The molecular formula is C22H28N6O2S. The van der Waals surface area contributed by atoms with E-state index in [1.165, 1.54) is 17.7 Å². The average Bonchev–Trinajstić information content (AvgIpc) is 3.40. The summed E-state index contributed by atoms with van der Waals surface area (Å²) in [5.41, 5.74) is 1.06. The third kappa shape index (κ3) is 4.92. The Morgan fingerprint density at radius 3 is 2.87 bits per heavy atom. The fourth-order valence-corrected chi connectivity index (χ4v) is 5.36. The van der Waals surface area contributed by atoms with E-state index in [2.05, 4.69) is 33.0 Å². The highest BCUT2D eigenvalue weighted by atomic mass is 32.1. The maximum Gasteiger partial charge on any atom is 0.261 e. The molecule has 3 aromatic rings. The quantitative estimate of drug-likeness (QED) is 0.610. The van der Waals surface area contributed by atoms with Crippen LogP contribution in [0.3, 0.4) is 0 Å². The van der Waals surface area contributed by atoms with Crippen LogP contribution < -0.4 is 5.32 Å². The van der Waals surface area contributed by atoms with Crippen LogP contribution in [-0.2, 0) is 17.8 Å². The molecule has 31 heavy (non-hydrogen) atoms. The topological polar surface area (TPSA) is 93.0 Å². The first-order valence-electron chi connectivity index (χ1n) is 10.8. The van der Waals surface area contributed by atoms with Crippen molar-refractivity contribution in [1.29, 1.82) is 0 Å². The minimum Gasteiger partial charge on any atom is -0.349 e. The Morgan fingerprint density at radius 1 is 1.26 bits per heavy atom.